The molecule has 2 aromatic heterocycles. The summed E-state index contributed by atoms with van der Waals surface area (Å²) in [5.41, 5.74) is 32.0. The van der Waals surface area contributed by atoms with Crippen molar-refractivity contribution in [1.82, 2.24) is 41.2 Å². The molecule has 517 valence electrons. The van der Waals surface area contributed by atoms with Crippen molar-refractivity contribution in [3.63, 3.8) is 0 Å². The lowest BCUT2D eigenvalue weighted by Gasteiger charge is -2.19. The second-order valence-electron chi connectivity index (χ2n) is 25.9. The largest absolute Gasteiger partial charge is 0.569 e. The minimum Gasteiger partial charge on any atom is -0.535 e. The summed E-state index contributed by atoms with van der Waals surface area (Å²) in [6.07, 6.45) is 18.3. The van der Waals surface area contributed by atoms with E-state index in [1.165, 1.54) is 63.2 Å². The highest BCUT2D eigenvalue weighted by Gasteiger charge is 2.51. The predicted octanol–water partition coefficient (Wildman–Crippen LogP) is 7.28. The number of amides is 6. The Morgan fingerprint density at radius 1 is 0.515 bits per heavy atom. The van der Waals surface area contributed by atoms with Crippen LogP contribution >= 0.6 is 63.7 Å². The zero-order valence-corrected chi connectivity index (χ0v) is 60.6. The second-order valence-corrected chi connectivity index (χ2v) is 29.0. The van der Waals surface area contributed by atoms with Gasteiger partial charge in [0.15, 0.2) is 0 Å². The number of ketones is 1. The number of carbonyl (C=O) groups excluding carboxylic acids is 5. The van der Waals surface area contributed by atoms with Crippen molar-refractivity contribution in [1.29, 1.82) is 5.26 Å². The number of nitrogens with zero attached hydrogens (tertiary/aromatic N) is 7. The van der Waals surface area contributed by atoms with Crippen molar-refractivity contribution in [2.24, 2.45) is 27.2 Å². The highest BCUT2D eigenvalue weighted by molar-refractivity contribution is 9.12. The lowest BCUT2D eigenvalue weighted by atomic mass is 9.96. The average Bonchev–Trinajstić information content (AvgIpc) is 1.74. The summed E-state index contributed by atoms with van der Waals surface area (Å²) < 4.78 is 18.3. The molecule has 6 aromatic carbocycles. The van der Waals surface area contributed by atoms with Crippen LogP contribution in [0.4, 0.5) is 9.59 Å². The Morgan fingerprint density at radius 2 is 0.881 bits per heavy atom. The third kappa shape index (κ3) is 17.7. The summed E-state index contributed by atoms with van der Waals surface area (Å²) in [5.74, 6) is 0.342. The number of nitriles is 1. The number of urea groups is 2. The molecule has 1 radical (unpaired) electrons. The number of Topliss-reactive ketones (excluding diaryl/α,β-unsaturated/α-hetero) is 1. The first-order chi connectivity index (χ1) is 48.5. The van der Waals surface area contributed by atoms with E-state index >= 15 is 0 Å². The fourth-order valence-electron chi connectivity index (χ4n) is 13.9. The van der Waals surface area contributed by atoms with Crippen molar-refractivity contribution in [3.05, 3.63) is 239 Å². The zero-order chi connectivity index (χ0) is 71.5. The monoisotopic (exact) mass is 1620 g/mol. The van der Waals surface area contributed by atoms with Gasteiger partial charge in [-0.1, -0.05) is 133 Å². The van der Waals surface area contributed by atoms with Crippen LogP contribution in [-0.4, -0.2) is 127 Å². The summed E-state index contributed by atoms with van der Waals surface area (Å²) in [4.78, 5) is 82.5. The molecule has 101 heavy (non-hydrogen) atoms. The molecule has 2 saturated heterocycles. The predicted molar refractivity (Wildman–Crippen MR) is 391 cm³/mol. The molecule has 4 unspecified atom stereocenters. The Bertz CT molecular complexity index is 4530. The topological polar surface area (TPSA) is 380 Å². The first-order valence-corrected chi connectivity index (χ1v) is 35.1. The fourth-order valence-corrected chi connectivity index (χ4v) is 15.1. The van der Waals surface area contributed by atoms with Crippen molar-refractivity contribution >= 4 is 113 Å². The van der Waals surface area contributed by atoms with E-state index in [1.54, 1.807) is 11.3 Å². The van der Waals surface area contributed by atoms with Gasteiger partial charge in [-0.3, -0.25) is 25.0 Å². The van der Waals surface area contributed by atoms with Gasteiger partial charge in [-0.05, 0) is 122 Å². The van der Waals surface area contributed by atoms with Crippen molar-refractivity contribution < 1.29 is 48.2 Å². The Labute approximate surface area is 616 Å². The number of hydrogen-bond donors (Lipinski definition) is 9. The molecule has 6 aliphatic carbocycles. The summed E-state index contributed by atoms with van der Waals surface area (Å²) >= 11 is 12.8. The summed E-state index contributed by atoms with van der Waals surface area (Å²) in [6.45, 7) is 1.25. The van der Waals surface area contributed by atoms with E-state index < -0.39 is 22.6 Å². The van der Waals surface area contributed by atoms with Gasteiger partial charge in [0.1, 0.15) is 64.5 Å². The molecule has 18 rings (SSSR count). The first kappa shape index (κ1) is 73.0. The number of amidine groups is 2. The zero-order valence-electron chi connectivity index (χ0n) is 54.2. The van der Waals surface area contributed by atoms with Crippen LogP contribution in [0.5, 0.6) is 5.75 Å². The van der Waals surface area contributed by atoms with E-state index in [1.807, 2.05) is 85.2 Å². The number of hydrogen-bond acceptors (Lipinski definition) is 20. The maximum atomic E-state index is 11.8. The number of aromatic nitrogens is 4. The van der Waals surface area contributed by atoms with E-state index in [9.17, 15) is 24.0 Å². The molecule has 4 aliphatic heterocycles. The van der Waals surface area contributed by atoms with Gasteiger partial charge in [-0.25, -0.2) is 39.5 Å². The number of nitrogens with two attached hydrogens (primary N) is 3. The number of imide groups is 2. The van der Waals surface area contributed by atoms with Gasteiger partial charge in [-0.15, -0.1) is 0 Å². The van der Waals surface area contributed by atoms with E-state index in [0.717, 1.165) is 85.3 Å². The molecule has 29 heteroatoms. The standard InChI is InChI=1S/C15H14N4O.C11H9BrN2O2.C11H11BrN2O.C11H10N2O2.C10H12BrNO.C9H8O.C4H4BN2O2.CBrN/c16-14-19-15(8-20-14)4-11-2-1-10(3-12(11)5-15)13-6-17-9-18-7-13;12-8-2-1-6-4-11(5-7(6)3-8)9(15)13-10(16)14-11;12-9-2-1-7-4-11(5-8(7)3-9)6-15-10(13)14-11;14-9-11(13-10(15)12-9)5-7-3-1-2-4-8(7)6-11;11-9-2-1-7-4-10(12,6-13)5-8(7)3-9;10-9-5-7-3-1-2-4-8(7)6-9;8-5-9-4-1-6-3-7-2-4;2-1-3/h1-3,6-7,9H,4-5,8H2,(H2,16,19);1-3H,4-5H2,(H2,13,14,15,16);1-3H,4-6H2,(H2,13,14);1-4H,5-6H2,(H2,12,13,14,15);1-3,13H,4-6,12H2;1-4H,5-6H2;1-3,8H;. The van der Waals surface area contributed by atoms with Gasteiger partial charge in [0.25, 0.3) is 23.9 Å². The van der Waals surface area contributed by atoms with Crippen LogP contribution in [0, 0.1) is 10.2 Å². The third-order valence-corrected chi connectivity index (χ3v) is 20.0. The number of fused-ring (bicyclic) bond motifs is 6. The van der Waals surface area contributed by atoms with Gasteiger partial charge in [0.05, 0.1) is 19.0 Å². The molecule has 0 saturated carbocycles. The molecule has 4 spiro atoms. The Kier molecular flexibility index (Phi) is 22.9. The van der Waals surface area contributed by atoms with E-state index in [4.69, 9.17) is 42.1 Å². The van der Waals surface area contributed by atoms with Crippen LogP contribution in [0.2, 0.25) is 0 Å². The Morgan fingerprint density at radius 3 is 1.31 bits per heavy atom. The quantitative estimate of drug-likeness (QED) is 0.0617. The van der Waals surface area contributed by atoms with E-state index in [-0.39, 0.29) is 35.5 Å². The molecule has 0 bridgehead atoms. The van der Waals surface area contributed by atoms with Crippen LogP contribution in [0.1, 0.15) is 66.8 Å². The lowest BCUT2D eigenvalue weighted by Crippen LogP contribution is -2.47. The van der Waals surface area contributed by atoms with Crippen LogP contribution in [0.3, 0.4) is 0 Å². The minimum atomic E-state index is -0.750. The van der Waals surface area contributed by atoms with Gasteiger partial charge in [-0.2, -0.15) is 5.26 Å². The first-order valence-electron chi connectivity index (χ1n) is 31.9. The summed E-state index contributed by atoms with van der Waals surface area (Å²) in [5, 5.41) is 34.5. The summed E-state index contributed by atoms with van der Waals surface area (Å²) in [7, 11) is 0.582. The van der Waals surface area contributed by atoms with Crippen molar-refractivity contribution in [2.75, 3.05) is 19.8 Å². The van der Waals surface area contributed by atoms with Crippen molar-refractivity contribution in [2.45, 2.75) is 105 Å². The summed E-state index contributed by atoms with van der Waals surface area (Å²) in [6, 6.07) is 40.8. The highest BCUT2D eigenvalue weighted by Crippen LogP contribution is 2.40. The third-order valence-electron chi connectivity index (χ3n) is 18.5. The highest BCUT2D eigenvalue weighted by atomic mass is 79.9. The molecule has 8 aromatic rings. The van der Waals surface area contributed by atoms with Gasteiger partial charge >= 0.3 is 19.7 Å². The van der Waals surface area contributed by atoms with Gasteiger partial charge < -0.3 is 52.1 Å². The number of ether oxygens (including phenoxy) is 2. The molecule has 2 fully saturated rings. The Hall–Kier alpha value is -9.28. The SMILES string of the molecule is N#CBr.NC1(CO)Cc2ccc(Br)cc2C1.NC1=NC2(CO1)Cc1ccc(-c3cncnc3)cc1C2.NC1=NC2(CO1)Cc1ccc(Br)cc1C2.O=C1Cc2ccccc2C1.O=C1NC(=O)C2(Cc3ccc(Br)cc3C2)N1.O=C1NC(=O)C2(Cc3ccccc3C2)N1.O[B]Oc1cncnc1. The number of aliphatic hydroxyl groups excluding tert-OH is 1. The maximum Gasteiger partial charge on any atom is 0.569 e. The minimum absolute atomic E-state index is 0.0549. The molecule has 6 amide bonds. The van der Waals surface area contributed by atoms with Crippen molar-refractivity contribution in [3.8, 4) is 21.9 Å². The molecule has 24 nitrogen and oxygen atoms in total. The second kappa shape index (κ2) is 31.7. The van der Waals surface area contributed by atoms with E-state index in [0.29, 0.717) is 83.0 Å². The van der Waals surface area contributed by atoms with Gasteiger partial charge in [0, 0.05) is 117 Å². The molecular weight excluding hydrogens is 1550 g/mol. The number of rotatable bonds is 4. The number of nitrogens with one attached hydrogen (secondary N) is 4. The lowest BCUT2D eigenvalue weighted by molar-refractivity contribution is -0.124. The maximum absolute atomic E-state index is 11.8. The Balaban J connectivity index is 0.000000119. The smallest absolute Gasteiger partial charge is 0.535 e. The van der Waals surface area contributed by atoms with E-state index in [2.05, 4.69) is 168 Å². The van der Waals surface area contributed by atoms with Gasteiger partial charge in [0.2, 0.25) is 0 Å². The average molecular weight is 1620 g/mol. The number of aliphatic imine (C=N–C) groups is 2. The normalized spacial score (nSPS) is 21.9. The number of halogens is 4. The molecule has 10 aliphatic rings. The number of carbonyl (C=O) groups is 5. The van der Waals surface area contributed by atoms with Crippen LogP contribution < -0.4 is 43.1 Å². The van der Waals surface area contributed by atoms with Crippen LogP contribution in [0.25, 0.3) is 11.1 Å². The molecule has 6 heterocycles. The fraction of sp³-hybridized carbons (Fsp3) is 0.278. The van der Waals surface area contributed by atoms with Crippen LogP contribution in [0.15, 0.2) is 182 Å². The molecule has 12 N–H and O–H groups in total. The number of benzene rings is 6. The molecule has 4 atom stereocenters. The van der Waals surface area contributed by atoms with Crippen LogP contribution in [-0.2, 0) is 101 Å². The number of aliphatic hydroxyl groups is 1. The molecular formula is C72H68BBr4N14O10.